The maximum atomic E-state index is 12.1. The highest BCUT2D eigenvalue weighted by Crippen LogP contribution is 2.21. The molecule has 0 aliphatic heterocycles. The van der Waals surface area contributed by atoms with Crippen molar-refractivity contribution < 1.29 is 14.7 Å². The molecule has 2 rings (SSSR count). The molecule has 2 aromatic rings. The van der Waals surface area contributed by atoms with Gasteiger partial charge >= 0.3 is 0 Å². The van der Waals surface area contributed by atoms with E-state index in [4.69, 9.17) is 0 Å². The Morgan fingerprint density at radius 2 is 2.05 bits per heavy atom. The van der Waals surface area contributed by atoms with Crippen molar-refractivity contribution in [1.82, 2.24) is 4.98 Å². The van der Waals surface area contributed by atoms with Gasteiger partial charge in [-0.3, -0.25) is 14.6 Å². The third-order valence-corrected chi connectivity index (χ3v) is 2.90. The quantitative estimate of drug-likeness (QED) is 0.839. The second-order valence-corrected chi connectivity index (χ2v) is 4.67. The van der Waals surface area contributed by atoms with E-state index in [-0.39, 0.29) is 11.3 Å². The van der Waals surface area contributed by atoms with E-state index in [1.54, 1.807) is 12.3 Å². The predicted octanol–water partition coefficient (Wildman–Crippen LogP) is 1.92. The minimum Gasteiger partial charge on any atom is -0.507 e. The van der Waals surface area contributed by atoms with Crippen molar-refractivity contribution in [3.05, 3.63) is 47.8 Å². The van der Waals surface area contributed by atoms with Crippen LogP contribution in [0.3, 0.4) is 0 Å². The van der Waals surface area contributed by atoms with Gasteiger partial charge in [0.1, 0.15) is 12.0 Å². The van der Waals surface area contributed by atoms with Crippen molar-refractivity contribution in [3.63, 3.8) is 0 Å². The van der Waals surface area contributed by atoms with E-state index in [0.717, 1.165) is 5.69 Å². The molecule has 21 heavy (non-hydrogen) atoms. The first kappa shape index (κ1) is 14.5. The average molecular weight is 285 g/mol. The van der Waals surface area contributed by atoms with E-state index in [1.807, 2.05) is 19.0 Å². The number of anilines is 2. The lowest BCUT2D eigenvalue weighted by atomic mass is 10.1. The van der Waals surface area contributed by atoms with E-state index in [2.05, 4.69) is 10.3 Å². The monoisotopic (exact) mass is 285 g/mol. The summed E-state index contributed by atoms with van der Waals surface area (Å²) in [5.41, 5.74) is 1.76. The summed E-state index contributed by atoms with van der Waals surface area (Å²) < 4.78 is 0. The van der Waals surface area contributed by atoms with Crippen LogP contribution in [0.1, 0.15) is 20.7 Å². The molecule has 0 bridgehead atoms. The van der Waals surface area contributed by atoms with Gasteiger partial charge in [-0.05, 0) is 18.2 Å². The molecule has 1 heterocycles. The first-order valence-electron chi connectivity index (χ1n) is 6.23. The van der Waals surface area contributed by atoms with Crippen molar-refractivity contribution >= 4 is 23.6 Å². The number of nitrogens with one attached hydrogen (secondary N) is 1. The zero-order chi connectivity index (χ0) is 15.4. The van der Waals surface area contributed by atoms with E-state index in [0.29, 0.717) is 17.5 Å². The lowest BCUT2D eigenvalue weighted by molar-refractivity contribution is 0.102. The van der Waals surface area contributed by atoms with E-state index >= 15 is 0 Å². The lowest BCUT2D eigenvalue weighted by Crippen LogP contribution is -2.14. The Labute approximate surface area is 122 Å². The summed E-state index contributed by atoms with van der Waals surface area (Å²) in [6, 6.07) is 5.88. The molecule has 1 aromatic carbocycles. The molecule has 0 fully saturated rings. The van der Waals surface area contributed by atoms with Crippen molar-refractivity contribution in [2.45, 2.75) is 0 Å². The summed E-state index contributed by atoms with van der Waals surface area (Å²) in [4.78, 5) is 28.6. The average Bonchev–Trinajstić information content (AvgIpc) is 2.47. The Morgan fingerprint density at radius 3 is 2.67 bits per heavy atom. The number of nitrogens with zero attached hydrogens (tertiary/aromatic N) is 2. The number of amides is 1. The van der Waals surface area contributed by atoms with Gasteiger partial charge in [0.15, 0.2) is 0 Å². The fraction of sp³-hybridized carbons (Fsp3) is 0.133. The number of carbonyl (C=O) groups is 2. The fourth-order valence-corrected chi connectivity index (χ4v) is 1.75. The molecule has 0 saturated heterocycles. The molecule has 1 aromatic heterocycles. The van der Waals surface area contributed by atoms with E-state index < -0.39 is 5.91 Å². The Morgan fingerprint density at radius 1 is 1.29 bits per heavy atom. The summed E-state index contributed by atoms with van der Waals surface area (Å²) in [7, 11) is 3.74. The lowest BCUT2D eigenvalue weighted by Gasteiger charge is -2.13. The number of phenolic OH excluding ortho intramolecular Hbond substituents is 1. The number of aromatic hydroxyl groups is 1. The summed E-state index contributed by atoms with van der Waals surface area (Å²) in [6.45, 7) is 0. The minimum absolute atomic E-state index is 0.0934. The standard InChI is InChI=1S/C15H15N3O3/c1-18(2)12-6-11(7-16-8-12)17-15(21)13-4-3-10(9-19)5-14(13)20/h3-9,20H,1-2H3,(H,17,21). The van der Waals surface area contributed by atoms with Gasteiger partial charge in [-0.15, -0.1) is 0 Å². The number of carbonyl (C=O) groups excluding carboxylic acids is 2. The van der Waals surface area contributed by atoms with Crippen LogP contribution in [0.25, 0.3) is 0 Å². The van der Waals surface area contributed by atoms with Crippen LogP contribution in [0.4, 0.5) is 11.4 Å². The van der Waals surface area contributed by atoms with E-state index in [9.17, 15) is 14.7 Å². The maximum absolute atomic E-state index is 12.1. The number of benzene rings is 1. The van der Waals surface area contributed by atoms with E-state index in [1.165, 1.54) is 24.4 Å². The van der Waals surface area contributed by atoms with Crippen LogP contribution >= 0.6 is 0 Å². The minimum atomic E-state index is -0.470. The fourth-order valence-electron chi connectivity index (χ4n) is 1.75. The van der Waals surface area contributed by atoms with Gasteiger partial charge < -0.3 is 15.3 Å². The Balaban J connectivity index is 2.22. The number of rotatable bonds is 4. The highest BCUT2D eigenvalue weighted by atomic mass is 16.3. The van der Waals surface area contributed by atoms with Gasteiger partial charge in [-0.25, -0.2) is 0 Å². The van der Waals surface area contributed by atoms with Crippen LogP contribution in [0.15, 0.2) is 36.7 Å². The van der Waals surface area contributed by atoms with Crippen LogP contribution in [-0.4, -0.2) is 36.4 Å². The topological polar surface area (TPSA) is 82.5 Å². The Bertz CT molecular complexity index is 684. The third kappa shape index (κ3) is 3.36. The van der Waals surface area contributed by atoms with Gasteiger partial charge in [0.05, 0.1) is 29.3 Å². The molecule has 0 unspecified atom stereocenters. The SMILES string of the molecule is CN(C)c1cncc(NC(=O)c2ccc(C=O)cc2O)c1. The molecule has 0 saturated carbocycles. The molecule has 108 valence electrons. The molecule has 0 aliphatic rings. The molecule has 6 heteroatoms. The smallest absolute Gasteiger partial charge is 0.259 e. The van der Waals surface area contributed by atoms with Gasteiger partial charge in [0.25, 0.3) is 5.91 Å². The highest BCUT2D eigenvalue weighted by molar-refractivity contribution is 6.06. The van der Waals surface area contributed by atoms with Crippen LogP contribution in [0, 0.1) is 0 Å². The molecule has 0 spiro atoms. The van der Waals surface area contributed by atoms with Gasteiger partial charge in [0.2, 0.25) is 0 Å². The predicted molar refractivity (Wildman–Crippen MR) is 80.0 cm³/mol. The zero-order valence-electron chi connectivity index (χ0n) is 11.7. The van der Waals surface area contributed by atoms with Gasteiger partial charge in [-0.2, -0.15) is 0 Å². The number of aromatic nitrogens is 1. The number of phenols is 1. The van der Waals surface area contributed by atoms with Gasteiger partial charge in [0, 0.05) is 19.7 Å². The Kier molecular flexibility index (Phi) is 4.18. The summed E-state index contributed by atoms with van der Waals surface area (Å²) in [6.07, 6.45) is 3.79. The van der Waals surface area contributed by atoms with Crippen LogP contribution in [0.2, 0.25) is 0 Å². The second kappa shape index (κ2) is 6.04. The third-order valence-electron chi connectivity index (χ3n) is 2.90. The van der Waals surface area contributed by atoms with Crippen LogP contribution in [-0.2, 0) is 0 Å². The van der Waals surface area contributed by atoms with Crippen LogP contribution < -0.4 is 10.2 Å². The van der Waals surface area contributed by atoms with Crippen molar-refractivity contribution in [2.24, 2.45) is 0 Å². The maximum Gasteiger partial charge on any atom is 0.259 e. The first-order valence-corrected chi connectivity index (χ1v) is 6.23. The zero-order valence-corrected chi connectivity index (χ0v) is 11.7. The molecule has 2 N–H and O–H groups in total. The summed E-state index contributed by atoms with van der Waals surface area (Å²) in [5, 5.41) is 12.4. The molecule has 1 amide bonds. The Hall–Kier alpha value is -2.89. The molecule has 0 radical (unpaired) electrons. The molecular weight excluding hydrogens is 270 g/mol. The van der Waals surface area contributed by atoms with Crippen LogP contribution in [0.5, 0.6) is 5.75 Å². The number of aldehydes is 1. The number of hydrogen-bond acceptors (Lipinski definition) is 5. The molecule has 6 nitrogen and oxygen atoms in total. The molecule has 0 atom stereocenters. The molecular formula is C15H15N3O3. The second-order valence-electron chi connectivity index (χ2n) is 4.67. The normalized spacial score (nSPS) is 10.0. The largest absolute Gasteiger partial charge is 0.507 e. The van der Waals surface area contributed by atoms with Crippen molar-refractivity contribution in [3.8, 4) is 5.75 Å². The van der Waals surface area contributed by atoms with Crippen molar-refractivity contribution in [1.29, 1.82) is 0 Å². The number of hydrogen-bond donors (Lipinski definition) is 2. The first-order chi connectivity index (χ1) is 10.0. The van der Waals surface area contributed by atoms with Gasteiger partial charge in [-0.1, -0.05) is 6.07 Å². The summed E-state index contributed by atoms with van der Waals surface area (Å²) >= 11 is 0. The summed E-state index contributed by atoms with van der Waals surface area (Å²) in [5.74, 6) is -0.712. The van der Waals surface area contributed by atoms with Crippen molar-refractivity contribution in [2.75, 3.05) is 24.3 Å². The molecule has 0 aliphatic carbocycles. The highest BCUT2D eigenvalue weighted by Gasteiger charge is 2.12. The number of pyridine rings is 1.